The highest BCUT2D eigenvalue weighted by molar-refractivity contribution is 5.86. The SMILES string of the molecule is C[C@H](N)C(=O)NC(CCCc1ccc(F)cc1)C(=O)O. The highest BCUT2D eigenvalue weighted by Gasteiger charge is 2.20. The molecule has 6 heteroatoms. The summed E-state index contributed by atoms with van der Waals surface area (Å²) in [6.07, 6.45) is 1.49. The van der Waals surface area contributed by atoms with Gasteiger partial charge in [0.15, 0.2) is 0 Å². The second-order valence-corrected chi connectivity index (χ2v) is 4.71. The molecule has 1 aromatic rings. The fourth-order valence-corrected chi connectivity index (χ4v) is 1.72. The number of nitrogens with one attached hydrogen (secondary N) is 1. The zero-order valence-electron chi connectivity index (χ0n) is 11.3. The molecule has 4 N–H and O–H groups in total. The highest BCUT2D eigenvalue weighted by atomic mass is 19.1. The molecule has 1 unspecified atom stereocenters. The van der Waals surface area contributed by atoms with Crippen molar-refractivity contribution < 1.29 is 19.1 Å². The summed E-state index contributed by atoms with van der Waals surface area (Å²) < 4.78 is 12.7. The first-order chi connectivity index (χ1) is 9.40. The lowest BCUT2D eigenvalue weighted by Crippen LogP contribution is -2.47. The summed E-state index contributed by atoms with van der Waals surface area (Å²) in [6.45, 7) is 1.49. The molecule has 2 atom stereocenters. The van der Waals surface area contributed by atoms with Gasteiger partial charge in [0.2, 0.25) is 5.91 Å². The summed E-state index contributed by atoms with van der Waals surface area (Å²) >= 11 is 0. The minimum absolute atomic E-state index is 0.297. The summed E-state index contributed by atoms with van der Waals surface area (Å²) in [7, 11) is 0. The molecule has 1 aromatic carbocycles. The van der Waals surface area contributed by atoms with Crippen molar-refractivity contribution in [2.24, 2.45) is 5.73 Å². The van der Waals surface area contributed by atoms with Gasteiger partial charge in [-0.1, -0.05) is 12.1 Å². The Morgan fingerprint density at radius 3 is 2.45 bits per heavy atom. The predicted octanol–water partition coefficient (Wildman–Crippen LogP) is 1.06. The summed E-state index contributed by atoms with van der Waals surface area (Å²) in [4.78, 5) is 22.4. The number of rotatable bonds is 7. The second-order valence-electron chi connectivity index (χ2n) is 4.71. The van der Waals surface area contributed by atoms with Crippen LogP contribution in [0.1, 0.15) is 25.3 Å². The number of carboxylic acids is 1. The van der Waals surface area contributed by atoms with Crippen molar-refractivity contribution in [1.29, 1.82) is 0 Å². The van der Waals surface area contributed by atoms with Crippen LogP contribution in [-0.4, -0.2) is 29.1 Å². The zero-order valence-corrected chi connectivity index (χ0v) is 11.3. The van der Waals surface area contributed by atoms with E-state index in [1.54, 1.807) is 12.1 Å². The Labute approximate surface area is 117 Å². The van der Waals surface area contributed by atoms with Crippen molar-refractivity contribution in [3.05, 3.63) is 35.6 Å². The molecule has 0 aliphatic heterocycles. The molecule has 0 saturated carbocycles. The van der Waals surface area contributed by atoms with Crippen molar-refractivity contribution in [2.75, 3.05) is 0 Å². The van der Waals surface area contributed by atoms with Gasteiger partial charge in [-0.2, -0.15) is 0 Å². The molecule has 0 spiro atoms. The van der Waals surface area contributed by atoms with Gasteiger partial charge in [0.1, 0.15) is 11.9 Å². The molecule has 0 saturated heterocycles. The van der Waals surface area contributed by atoms with E-state index in [1.807, 2.05) is 0 Å². The molecule has 1 rings (SSSR count). The summed E-state index contributed by atoms with van der Waals surface area (Å²) in [5.74, 6) is -1.88. The molecule has 0 bridgehead atoms. The molecule has 0 aliphatic rings. The standard InChI is InChI=1S/C14H19FN2O3/c1-9(16)13(18)17-12(14(19)20)4-2-3-10-5-7-11(15)8-6-10/h5-9,12H,2-4,16H2,1H3,(H,17,18)(H,19,20)/t9-,12?/m0/s1. The van der Waals surface area contributed by atoms with Crippen LogP contribution < -0.4 is 11.1 Å². The second kappa shape index (κ2) is 7.59. The molecule has 20 heavy (non-hydrogen) atoms. The maximum Gasteiger partial charge on any atom is 0.326 e. The Morgan fingerprint density at radius 1 is 1.35 bits per heavy atom. The fraction of sp³-hybridized carbons (Fsp3) is 0.429. The first-order valence-electron chi connectivity index (χ1n) is 6.43. The quantitative estimate of drug-likeness (QED) is 0.697. The lowest BCUT2D eigenvalue weighted by atomic mass is 10.0. The predicted molar refractivity (Wildman–Crippen MR) is 72.6 cm³/mol. The number of hydrogen-bond acceptors (Lipinski definition) is 3. The smallest absolute Gasteiger partial charge is 0.326 e. The Balaban J connectivity index is 2.45. The lowest BCUT2D eigenvalue weighted by molar-refractivity contribution is -0.142. The van der Waals surface area contributed by atoms with Crippen LogP contribution in [0.5, 0.6) is 0 Å². The number of carboxylic acid groups (broad SMARTS) is 1. The minimum Gasteiger partial charge on any atom is -0.480 e. The molecular weight excluding hydrogens is 263 g/mol. The van der Waals surface area contributed by atoms with Crippen molar-refractivity contribution in [3.63, 3.8) is 0 Å². The van der Waals surface area contributed by atoms with E-state index in [-0.39, 0.29) is 5.82 Å². The topological polar surface area (TPSA) is 92.4 Å². The van der Waals surface area contributed by atoms with Crippen molar-refractivity contribution in [3.8, 4) is 0 Å². The maximum atomic E-state index is 12.7. The molecule has 110 valence electrons. The van der Waals surface area contributed by atoms with Crippen LogP contribution in [0.25, 0.3) is 0 Å². The molecule has 0 fully saturated rings. The van der Waals surface area contributed by atoms with Gasteiger partial charge in [0.25, 0.3) is 0 Å². The van der Waals surface area contributed by atoms with Crippen LogP contribution in [0.15, 0.2) is 24.3 Å². The van der Waals surface area contributed by atoms with Gasteiger partial charge >= 0.3 is 5.97 Å². The number of aliphatic carboxylic acids is 1. The molecule has 0 heterocycles. The van der Waals surface area contributed by atoms with E-state index in [0.29, 0.717) is 19.3 Å². The van der Waals surface area contributed by atoms with E-state index in [0.717, 1.165) is 5.56 Å². The molecule has 5 nitrogen and oxygen atoms in total. The summed E-state index contributed by atoms with van der Waals surface area (Å²) in [5, 5.41) is 11.4. The number of aryl methyl sites for hydroxylation is 1. The van der Waals surface area contributed by atoms with Gasteiger partial charge in [0, 0.05) is 0 Å². The zero-order chi connectivity index (χ0) is 15.1. The average molecular weight is 282 g/mol. The molecule has 0 aliphatic carbocycles. The number of carbonyl (C=O) groups is 2. The van der Waals surface area contributed by atoms with Crippen LogP contribution in [0.3, 0.4) is 0 Å². The Bertz CT molecular complexity index is 460. The van der Waals surface area contributed by atoms with E-state index >= 15 is 0 Å². The number of hydrogen-bond donors (Lipinski definition) is 3. The Morgan fingerprint density at radius 2 is 1.95 bits per heavy atom. The summed E-state index contributed by atoms with van der Waals surface area (Å²) in [5.41, 5.74) is 6.30. The van der Waals surface area contributed by atoms with Gasteiger partial charge in [-0.05, 0) is 43.9 Å². The molecule has 0 radical (unpaired) electrons. The highest BCUT2D eigenvalue weighted by Crippen LogP contribution is 2.08. The maximum absolute atomic E-state index is 12.7. The van der Waals surface area contributed by atoms with Crippen molar-refractivity contribution in [1.82, 2.24) is 5.32 Å². The number of halogens is 1. The van der Waals surface area contributed by atoms with Gasteiger partial charge in [0.05, 0.1) is 6.04 Å². The van der Waals surface area contributed by atoms with Crippen LogP contribution in [0.4, 0.5) is 4.39 Å². The van der Waals surface area contributed by atoms with E-state index in [1.165, 1.54) is 19.1 Å². The number of benzene rings is 1. The largest absolute Gasteiger partial charge is 0.480 e. The van der Waals surface area contributed by atoms with Gasteiger partial charge in [-0.25, -0.2) is 9.18 Å². The van der Waals surface area contributed by atoms with Crippen LogP contribution in [0.2, 0.25) is 0 Å². The molecular formula is C14H19FN2O3. The summed E-state index contributed by atoms with van der Waals surface area (Å²) in [6, 6.07) is 4.35. The molecule has 0 aromatic heterocycles. The number of carbonyl (C=O) groups excluding carboxylic acids is 1. The van der Waals surface area contributed by atoms with Gasteiger partial charge in [-0.3, -0.25) is 4.79 Å². The molecule has 1 amide bonds. The average Bonchev–Trinajstić information content (AvgIpc) is 2.39. The third kappa shape index (κ3) is 5.36. The van der Waals surface area contributed by atoms with Crippen LogP contribution in [-0.2, 0) is 16.0 Å². The fourth-order valence-electron chi connectivity index (χ4n) is 1.72. The van der Waals surface area contributed by atoms with Crippen molar-refractivity contribution in [2.45, 2.75) is 38.3 Å². The Hall–Kier alpha value is -1.95. The first-order valence-corrected chi connectivity index (χ1v) is 6.43. The third-order valence-electron chi connectivity index (χ3n) is 2.90. The number of nitrogens with two attached hydrogens (primary N) is 1. The minimum atomic E-state index is -1.09. The Kier molecular flexibility index (Phi) is 6.11. The number of amides is 1. The van der Waals surface area contributed by atoms with Crippen molar-refractivity contribution >= 4 is 11.9 Å². The van der Waals surface area contributed by atoms with Crippen LogP contribution in [0, 0.1) is 5.82 Å². The van der Waals surface area contributed by atoms with Crippen LogP contribution >= 0.6 is 0 Å². The first kappa shape index (κ1) is 16.1. The normalized spacial score (nSPS) is 13.6. The van der Waals surface area contributed by atoms with E-state index in [9.17, 15) is 14.0 Å². The van der Waals surface area contributed by atoms with Gasteiger partial charge in [-0.15, -0.1) is 0 Å². The van der Waals surface area contributed by atoms with E-state index < -0.39 is 24.0 Å². The van der Waals surface area contributed by atoms with Gasteiger partial charge < -0.3 is 16.2 Å². The monoisotopic (exact) mass is 282 g/mol. The van der Waals surface area contributed by atoms with E-state index in [2.05, 4.69) is 5.32 Å². The lowest BCUT2D eigenvalue weighted by Gasteiger charge is -2.15. The third-order valence-corrected chi connectivity index (χ3v) is 2.90. The van der Waals surface area contributed by atoms with E-state index in [4.69, 9.17) is 10.8 Å².